The van der Waals surface area contributed by atoms with Gasteiger partial charge in [0.1, 0.15) is 11.6 Å². The van der Waals surface area contributed by atoms with E-state index in [0.717, 1.165) is 16.7 Å². The number of fused-ring (bicyclic) bond motifs is 1. The molecule has 8 nitrogen and oxygen atoms in total. The van der Waals surface area contributed by atoms with Crippen molar-refractivity contribution in [3.63, 3.8) is 0 Å². The van der Waals surface area contributed by atoms with Gasteiger partial charge in [-0.2, -0.15) is 0 Å². The molecular formula is C29H33FN4O4. The molecule has 0 spiro atoms. The third-order valence-corrected chi connectivity index (χ3v) is 7.49. The number of hydrogen-bond donors (Lipinski definition) is 4. The highest BCUT2D eigenvalue weighted by Gasteiger charge is 2.49. The quantitative estimate of drug-likeness (QED) is 0.361. The zero-order valence-electron chi connectivity index (χ0n) is 21.7. The van der Waals surface area contributed by atoms with E-state index in [2.05, 4.69) is 21.5 Å². The van der Waals surface area contributed by atoms with Crippen LogP contribution in [0.5, 0.6) is 17.2 Å². The SMILES string of the molecule is COc1cc(OC)c(C2CC(C(=O)NCc3ccccc3)C3C(NNC3c3ccc(F)cc3)N2)cc1OC. The maximum absolute atomic E-state index is 13.8. The van der Waals surface area contributed by atoms with Crippen molar-refractivity contribution in [1.29, 1.82) is 0 Å². The fourth-order valence-corrected chi connectivity index (χ4v) is 5.59. The second kappa shape index (κ2) is 11.4. The van der Waals surface area contributed by atoms with Gasteiger partial charge in [0.05, 0.1) is 33.5 Å². The molecule has 4 N–H and O–H groups in total. The molecule has 200 valence electrons. The number of amides is 1. The zero-order valence-corrected chi connectivity index (χ0v) is 21.7. The van der Waals surface area contributed by atoms with E-state index >= 15 is 0 Å². The Labute approximate surface area is 221 Å². The lowest BCUT2D eigenvalue weighted by molar-refractivity contribution is -0.129. The van der Waals surface area contributed by atoms with Crippen molar-refractivity contribution in [1.82, 2.24) is 21.5 Å². The summed E-state index contributed by atoms with van der Waals surface area (Å²) in [7, 11) is 4.78. The van der Waals surface area contributed by atoms with Gasteiger partial charge in [0.2, 0.25) is 5.91 Å². The maximum atomic E-state index is 13.8. The van der Waals surface area contributed by atoms with E-state index in [1.165, 1.54) is 12.1 Å². The van der Waals surface area contributed by atoms with Crippen molar-refractivity contribution in [3.05, 3.63) is 89.2 Å². The van der Waals surface area contributed by atoms with Crippen LogP contribution in [0.4, 0.5) is 4.39 Å². The summed E-state index contributed by atoms with van der Waals surface area (Å²) in [4.78, 5) is 13.8. The molecule has 0 aromatic heterocycles. The van der Waals surface area contributed by atoms with Crippen molar-refractivity contribution in [3.8, 4) is 17.2 Å². The summed E-state index contributed by atoms with van der Waals surface area (Å²) in [5, 5.41) is 6.81. The van der Waals surface area contributed by atoms with E-state index in [4.69, 9.17) is 14.2 Å². The summed E-state index contributed by atoms with van der Waals surface area (Å²) in [5.41, 5.74) is 9.50. The highest BCUT2D eigenvalue weighted by molar-refractivity contribution is 5.79. The molecular weight excluding hydrogens is 487 g/mol. The summed E-state index contributed by atoms with van der Waals surface area (Å²) >= 11 is 0. The summed E-state index contributed by atoms with van der Waals surface area (Å²) in [6, 6.07) is 19.6. The van der Waals surface area contributed by atoms with Crippen molar-refractivity contribution in [2.45, 2.75) is 31.2 Å². The van der Waals surface area contributed by atoms with Crippen LogP contribution >= 0.6 is 0 Å². The maximum Gasteiger partial charge on any atom is 0.223 e. The minimum Gasteiger partial charge on any atom is -0.496 e. The molecule has 0 bridgehead atoms. The van der Waals surface area contributed by atoms with E-state index in [9.17, 15) is 9.18 Å². The Morgan fingerprint density at radius 2 is 1.61 bits per heavy atom. The van der Waals surface area contributed by atoms with Gasteiger partial charge < -0.3 is 19.5 Å². The van der Waals surface area contributed by atoms with Gasteiger partial charge in [-0.05, 0) is 35.7 Å². The van der Waals surface area contributed by atoms with Gasteiger partial charge in [-0.25, -0.2) is 15.2 Å². The first-order valence-electron chi connectivity index (χ1n) is 12.7. The van der Waals surface area contributed by atoms with Crippen molar-refractivity contribution in [2.75, 3.05) is 21.3 Å². The average molecular weight is 521 g/mol. The first-order chi connectivity index (χ1) is 18.5. The summed E-state index contributed by atoms with van der Waals surface area (Å²) in [5.74, 6) is 0.977. The number of carbonyl (C=O) groups excluding carboxylic acids is 1. The molecule has 5 rings (SSSR count). The Hall–Kier alpha value is -3.66. The Morgan fingerprint density at radius 3 is 2.29 bits per heavy atom. The van der Waals surface area contributed by atoms with Gasteiger partial charge in [-0.15, -0.1) is 0 Å². The Balaban J connectivity index is 1.47. The molecule has 0 radical (unpaired) electrons. The number of benzene rings is 3. The summed E-state index contributed by atoms with van der Waals surface area (Å²) < 4.78 is 30.4. The van der Waals surface area contributed by atoms with E-state index in [1.807, 2.05) is 36.4 Å². The molecule has 5 unspecified atom stereocenters. The highest BCUT2D eigenvalue weighted by Crippen LogP contribution is 2.46. The topological polar surface area (TPSA) is 92.9 Å². The number of carbonyl (C=O) groups is 1. The van der Waals surface area contributed by atoms with Crippen LogP contribution in [0.3, 0.4) is 0 Å². The average Bonchev–Trinajstić information content (AvgIpc) is 3.39. The molecule has 3 aromatic carbocycles. The number of ether oxygens (including phenoxy) is 3. The third-order valence-electron chi connectivity index (χ3n) is 7.49. The van der Waals surface area contributed by atoms with Crippen molar-refractivity contribution < 1.29 is 23.4 Å². The first kappa shape index (κ1) is 26.0. The molecule has 2 fully saturated rings. The van der Waals surface area contributed by atoms with Gasteiger partial charge in [-0.3, -0.25) is 10.1 Å². The molecule has 0 aliphatic carbocycles. The lowest BCUT2D eigenvalue weighted by atomic mass is 9.74. The fourth-order valence-electron chi connectivity index (χ4n) is 5.59. The Morgan fingerprint density at radius 1 is 0.921 bits per heavy atom. The molecule has 38 heavy (non-hydrogen) atoms. The predicted octanol–water partition coefficient (Wildman–Crippen LogP) is 3.61. The van der Waals surface area contributed by atoms with E-state index in [0.29, 0.717) is 30.2 Å². The van der Waals surface area contributed by atoms with Gasteiger partial charge >= 0.3 is 0 Å². The second-order valence-corrected chi connectivity index (χ2v) is 9.59. The van der Waals surface area contributed by atoms with Crippen LogP contribution in [0, 0.1) is 17.7 Å². The first-order valence-corrected chi connectivity index (χ1v) is 12.7. The summed E-state index contributed by atoms with van der Waals surface area (Å²) in [6.45, 7) is 0.438. The molecule has 1 amide bonds. The standard InChI is InChI=1S/C29H33FN4O4/c1-36-23-15-25(38-3)24(37-2)14-20(23)22-13-21(29(35)31-16-17-7-5-4-6-8-17)26-27(33-34-28(26)32-22)18-9-11-19(30)12-10-18/h4-12,14-15,21-22,26-28,32-34H,13,16H2,1-3H3,(H,31,35). The van der Waals surface area contributed by atoms with Crippen LogP contribution < -0.4 is 35.7 Å². The van der Waals surface area contributed by atoms with Crippen LogP contribution in [0.25, 0.3) is 0 Å². The molecule has 2 heterocycles. The number of nitrogens with one attached hydrogen (secondary N) is 4. The van der Waals surface area contributed by atoms with Crippen LogP contribution in [0.1, 0.15) is 35.2 Å². The number of rotatable bonds is 8. The van der Waals surface area contributed by atoms with Crippen LogP contribution in [0.2, 0.25) is 0 Å². The molecule has 3 aromatic rings. The minimum atomic E-state index is -0.356. The normalized spacial score (nSPS) is 24.4. The van der Waals surface area contributed by atoms with Crippen LogP contribution in [0.15, 0.2) is 66.7 Å². The van der Waals surface area contributed by atoms with E-state index in [-0.39, 0.29) is 41.8 Å². The van der Waals surface area contributed by atoms with E-state index in [1.54, 1.807) is 39.5 Å². The van der Waals surface area contributed by atoms with Crippen molar-refractivity contribution >= 4 is 5.91 Å². The zero-order chi connectivity index (χ0) is 26.6. The monoisotopic (exact) mass is 520 g/mol. The molecule has 2 saturated heterocycles. The molecule has 2 aliphatic heterocycles. The van der Waals surface area contributed by atoms with E-state index < -0.39 is 0 Å². The second-order valence-electron chi connectivity index (χ2n) is 9.59. The van der Waals surface area contributed by atoms with Gasteiger partial charge in [0, 0.05) is 36.1 Å². The predicted molar refractivity (Wildman–Crippen MR) is 141 cm³/mol. The number of methoxy groups -OCH3 is 3. The molecule has 0 saturated carbocycles. The van der Waals surface area contributed by atoms with Gasteiger partial charge in [0.15, 0.2) is 11.5 Å². The fraction of sp³-hybridized carbons (Fsp3) is 0.345. The van der Waals surface area contributed by atoms with Crippen LogP contribution in [-0.2, 0) is 11.3 Å². The third kappa shape index (κ3) is 5.18. The molecule has 2 aliphatic rings. The van der Waals surface area contributed by atoms with Gasteiger partial charge in [-0.1, -0.05) is 42.5 Å². The van der Waals surface area contributed by atoms with Crippen molar-refractivity contribution in [2.24, 2.45) is 11.8 Å². The lowest BCUT2D eigenvalue weighted by Crippen LogP contribution is -2.54. The Kier molecular flexibility index (Phi) is 7.78. The largest absolute Gasteiger partial charge is 0.496 e. The van der Waals surface area contributed by atoms with Crippen LogP contribution in [-0.4, -0.2) is 33.4 Å². The van der Waals surface area contributed by atoms with Gasteiger partial charge in [0.25, 0.3) is 0 Å². The molecule has 5 atom stereocenters. The number of halogens is 1. The molecule has 9 heteroatoms. The number of hydrogen-bond acceptors (Lipinski definition) is 7. The number of piperidine rings is 1. The highest BCUT2D eigenvalue weighted by atomic mass is 19.1. The summed E-state index contributed by atoms with van der Waals surface area (Å²) in [6.07, 6.45) is 0.295. The minimum absolute atomic E-state index is 0.0348. The Bertz CT molecular complexity index is 1260. The number of hydrazine groups is 1. The lowest BCUT2D eigenvalue weighted by Gasteiger charge is -2.40. The smallest absolute Gasteiger partial charge is 0.223 e.